The number of benzene rings is 4. The number of aryl methyl sites for hydroxylation is 1. The Morgan fingerprint density at radius 1 is 0.464 bits per heavy atom. The van der Waals surface area contributed by atoms with Crippen LogP contribution in [0.25, 0.3) is 0 Å². The molecular formula is C26H24BNa. The second-order valence-corrected chi connectivity index (χ2v) is 7.39. The Hall–Kier alpha value is -2.06. The summed E-state index contributed by atoms with van der Waals surface area (Å²) in [4.78, 5) is 0. The van der Waals surface area contributed by atoms with Crippen LogP contribution in [-0.2, 0) is 0 Å². The van der Waals surface area contributed by atoms with E-state index in [0.29, 0.717) is 0 Å². The fourth-order valence-electron chi connectivity index (χ4n) is 4.58. The largest absolute Gasteiger partial charge is 1.00 e. The molecule has 0 aliphatic carbocycles. The Bertz CT molecular complexity index is 931. The molecule has 4 aromatic rings. The minimum absolute atomic E-state index is 0. The van der Waals surface area contributed by atoms with Gasteiger partial charge in [-0.3, -0.25) is 0 Å². The molecule has 0 nitrogen and oxygen atoms in total. The molecule has 0 saturated heterocycles. The first-order chi connectivity index (χ1) is 13.2. The third-order valence-corrected chi connectivity index (χ3v) is 6.01. The van der Waals surface area contributed by atoms with Crippen LogP contribution in [0.1, 0.15) is 11.1 Å². The van der Waals surface area contributed by atoms with Crippen molar-refractivity contribution in [3.8, 4) is 0 Å². The summed E-state index contributed by atoms with van der Waals surface area (Å²) in [7, 11) is 0. The van der Waals surface area contributed by atoms with E-state index in [1.54, 1.807) is 0 Å². The quantitative estimate of drug-likeness (QED) is 0.464. The number of hydrogen-bond donors (Lipinski definition) is 0. The fraction of sp³-hybridized carbons (Fsp3) is 0.0769. The van der Waals surface area contributed by atoms with Crippen LogP contribution in [-0.4, -0.2) is 6.15 Å². The molecule has 0 aromatic heterocycles. The molecule has 0 spiro atoms. The monoisotopic (exact) mass is 370 g/mol. The van der Waals surface area contributed by atoms with Gasteiger partial charge in [-0.05, 0) is 13.8 Å². The van der Waals surface area contributed by atoms with Gasteiger partial charge in [0, 0.05) is 0 Å². The molecule has 132 valence electrons. The van der Waals surface area contributed by atoms with Gasteiger partial charge in [-0.1, -0.05) is 120 Å². The molecule has 0 aliphatic heterocycles. The van der Waals surface area contributed by atoms with Gasteiger partial charge in [0.25, 0.3) is 0 Å². The summed E-state index contributed by atoms with van der Waals surface area (Å²) in [6.07, 6.45) is -1.26. The van der Waals surface area contributed by atoms with Crippen LogP contribution < -0.4 is 51.4 Å². The predicted molar refractivity (Wildman–Crippen MR) is 120 cm³/mol. The number of rotatable bonds is 4. The predicted octanol–water partition coefficient (Wildman–Crippen LogP) is 0.685. The first kappa shape index (κ1) is 20.7. The van der Waals surface area contributed by atoms with Gasteiger partial charge in [-0.2, -0.15) is 21.9 Å². The summed E-state index contributed by atoms with van der Waals surface area (Å²) in [6, 6.07) is 39.6. The van der Waals surface area contributed by atoms with E-state index in [2.05, 4.69) is 123 Å². The maximum atomic E-state index is 2.31. The van der Waals surface area contributed by atoms with Crippen molar-refractivity contribution >= 4 is 28.0 Å². The fourth-order valence-corrected chi connectivity index (χ4v) is 4.58. The first-order valence-electron chi connectivity index (χ1n) is 9.63. The van der Waals surface area contributed by atoms with Gasteiger partial charge in [0.15, 0.2) is 0 Å². The van der Waals surface area contributed by atoms with Gasteiger partial charge in [0.1, 0.15) is 6.15 Å². The van der Waals surface area contributed by atoms with Crippen molar-refractivity contribution in [3.05, 3.63) is 120 Å². The summed E-state index contributed by atoms with van der Waals surface area (Å²) in [5.41, 5.74) is 8.16. The van der Waals surface area contributed by atoms with Crippen molar-refractivity contribution in [1.29, 1.82) is 0 Å². The van der Waals surface area contributed by atoms with Crippen molar-refractivity contribution in [3.63, 3.8) is 0 Å². The van der Waals surface area contributed by atoms with Crippen molar-refractivity contribution in [1.82, 2.24) is 0 Å². The van der Waals surface area contributed by atoms with Gasteiger partial charge in [0.2, 0.25) is 0 Å². The maximum absolute atomic E-state index is 2.31. The molecule has 2 heteroatoms. The Kier molecular flexibility index (Phi) is 6.62. The van der Waals surface area contributed by atoms with Crippen molar-refractivity contribution in [2.45, 2.75) is 13.8 Å². The van der Waals surface area contributed by atoms with Crippen molar-refractivity contribution < 1.29 is 29.6 Å². The van der Waals surface area contributed by atoms with Gasteiger partial charge in [-0.25, -0.2) is 0 Å². The van der Waals surface area contributed by atoms with E-state index >= 15 is 0 Å². The molecule has 0 saturated carbocycles. The molecule has 0 heterocycles. The van der Waals surface area contributed by atoms with Crippen molar-refractivity contribution in [2.75, 3.05) is 0 Å². The Balaban J connectivity index is 0.00000225. The van der Waals surface area contributed by atoms with Gasteiger partial charge in [-0.15, -0.1) is 0 Å². The molecule has 0 N–H and O–H groups in total. The molecule has 4 aromatic carbocycles. The van der Waals surface area contributed by atoms with Gasteiger partial charge < -0.3 is 0 Å². The molecule has 0 aliphatic rings. The van der Waals surface area contributed by atoms with E-state index in [4.69, 9.17) is 0 Å². The molecule has 0 radical (unpaired) electrons. The van der Waals surface area contributed by atoms with E-state index in [1.807, 2.05) is 0 Å². The minimum atomic E-state index is -1.26. The third kappa shape index (κ3) is 3.51. The van der Waals surface area contributed by atoms with E-state index in [-0.39, 0.29) is 29.6 Å². The van der Waals surface area contributed by atoms with E-state index in [9.17, 15) is 0 Å². The maximum Gasteiger partial charge on any atom is 1.00 e. The normalized spacial score (nSPS) is 10.9. The van der Waals surface area contributed by atoms with Crippen LogP contribution in [0.4, 0.5) is 0 Å². The zero-order chi connectivity index (χ0) is 18.7. The number of hydrogen-bond acceptors (Lipinski definition) is 0. The van der Waals surface area contributed by atoms with Crippen LogP contribution in [0.5, 0.6) is 0 Å². The molecule has 28 heavy (non-hydrogen) atoms. The van der Waals surface area contributed by atoms with E-state index < -0.39 is 6.15 Å². The smallest absolute Gasteiger partial charge is 0.195 e. The average Bonchev–Trinajstić information content (AvgIpc) is 2.74. The summed E-state index contributed by atoms with van der Waals surface area (Å²) in [6.45, 7) is 4.47. The summed E-state index contributed by atoms with van der Waals surface area (Å²) in [5, 5.41) is 0. The van der Waals surface area contributed by atoms with Crippen LogP contribution >= 0.6 is 0 Å². The summed E-state index contributed by atoms with van der Waals surface area (Å²) in [5.74, 6) is 0. The first-order valence-corrected chi connectivity index (χ1v) is 9.63. The van der Waals surface area contributed by atoms with Crippen LogP contribution in [0.3, 0.4) is 0 Å². The topological polar surface area (TPSA) is 0 Å². The standard InChI is InChI=1S/C26H24B.Na/c1-21-13-12-20-26(22(21)2)27(23-14-6-3-7-15-23,24-16-8-4-9-17-24)25-18-10-5-11-19-25;/h3-20H,1-2H3;/q-1;+1. The summed E-state index contributed by atoms with van der Waals surface area (Å²) < 4.78 is 0. The zero-order valence-electron chi connectivity index (χ0n) is 17.0. The van der Waals surface area contributed by atoms with Crippen LogP contribution in [0.15, 0.2) is 109 Å². The SMILES string of the molecule is Cc1cccc([B-](c2ccccc2)(c2ccccc2)c2ccccc2)c1C.[Na+]. The molecule has 4 rings (SSSR count). The third-order valence-electron chi connectivity index (χ3n) is 6.01. The average molecular weight is 370 g/mol. The van der Waals surface area contributed by atoms with E-state index in [1.165, 1.54) is 33.0 Å². The van der Waals surface area contributed by atoms with Gasteiger partial charge in [0.05, 0.1) is 0 Å². The Morgan fingerprint density at radius 3 is 1.25 bits per heavy atom. The molecular weight excluding hydrogens is 346 g/mol. The Labute approximate surface area is 190 Å². The zero-order valence-corrected chi connectivity index (χ0v) is 19.0. The molecule has 0 amide bonds. The molecule has 0 unspecified atom stereocenters. The molecule has 0 atom stereocenters. The van der Waals surface area contributed by atoms with Gasteiger partial charge >= 0.3 is 29.6 Å². The summed E-state index contributed by atoms with van der Waals surface area (Å²) >= 11 is 0. The molecule has 0 fully saturated rings. The van der Waals surface area contributed by atoms with E-state index in [0.717, 1.165) is 0 Å². The molecule has 0 bridgehead atoms. The second-order valence-electron chi connectivity index (χ2n) is 7.39. The van der Waals surface area contributed by atoms with Crippen LogP contribution in [0, 0.1) is 13.8 Å². The Morgan fingerprint density at radius 2 is 0.857 bits per heavy atom. The second kappa shape index (κ2) is 8.96. The minimum Gasteiger partial charge on any atom is -0.195 e. The van der Waals surface area contributed by atoms with Crippen LogP contribution in [0.2, 0.25) is 0 Å². The van der Waals surface area contributed by atoms with Crippen molar-refractivity contribution in [2.24, 2.45) is 0 Å².